The molecule has 0 spiro atoms. The number of amides is 1. The van der Waals surface area contributed by atoms with Crippen LogP contribution in [0.3, 0.4) is 0 Å². The average Bonchev–Trinajstić information content (AvgIpc) is 2.36. The van der Waals surface area contributed by atoms with Gasteiger partial charge in [-0.2, -0.15) is 0 Å². The number of anilines is 3. The molecule has 7 heteroatoms. The second kappa shape index (κ2) is 5.68. The second-order valence-corrected chi connectivity index (χ2v) is 5.32. The minimum absolute atomic E-state index is 0.00860. The van der Waals surface area contributed by atoms with Crippen LogP contribution in [0.5, 0.6) is 0 Å². The van der Waals surface area contributed by atoms with Crippen molar-refractivity contribution in [2.75, 3.05) is 11.1 Å². The number of rotatable bonds is 3. The van der Waals surface area contributed by atoms with Crippen molar-refractivity contribution < 1.29 is 9.18 Å². The van der Waals surface area contributed by atoms with Crippen molar-refractivity contribution in [3.8, 4) is 0 Å². The lowest BCUT2D eigenvalue weighted by molar-refractivity contribution is 0.100. The molecule has 0 aliphatic heterocycles. The number of halogens is 3. The number of carbonyl (C=O) groups excluding carboxylic acids is 1. The van der Waals surface area contributed by atoms with Gasteiger partial charge in [-0.25, -0.2) is 4.39 Å². The molecule has 0 atom stereocenters. The summed E-state index contributed by atoms with van der Waals surface area (Å²) in [5.41, 5.74) is 11.4. The maximum atomic E-state index is 13.9. The van der Waals surface area contributed by atoms with Crippen LogP contribution in [0.4, 0.5) is 21.5 Å². The normalized spacial score (nSPS) is 10.3. The zero-order valence-electron chi connectivity index (χ0n) is 10.1. The Hall–Kier alpha value is -1.79. The molecule has 1 amide bonds. The Labute approximate surface area is 128 Å². The third-order valence-electron chi connectivity index (χ3n) is 2.60. The number of hydrogen-bond acceptors (Lipinski definition) is 3. The van der Waals surface area contributed by atoms with Crippen molar-refractivity contribution in [3.63, 3.8) is 0 Å². The Kier molecular flexibility index (Phi) is 4.15. The molecule has 0 aromatic heterocycles. The quantitative estimate of drug-likeness (QED) is 0.732. The summed E-state index contributed by atoms with van der Waals surface area (Å²) >= 11 is 9.20. The van der Waals surface area contributed by atoms with E-state index in [0.717, 1.165) is 6.07 Å². The van der Waals surface area contributed by atoms with Crippen molar-refractivity contribution in [1.29, 1.82) is 0 Å². The van der Waals surface area contributed by atoms with Crippen molar-refractivity contribution in [2.45, 2.75) is 0 Å². The standard InChI is InChI=1S/C13H10BrClFN3O/c14-8-2-1-6(15)3-11(8)19-12-4-7(13(18)20)10(17)5-9(12)16/h1-5,19H,17H2,(H2,18,20). The van der Waals surface area contributed by atoms with Gasteiger partial charge in [0.15, 0.2) is 0 Å². The number of carbonyl (C=O) groups is 1. The highest BCUT2D eigenvalue weighted by Crippen LogP contribution is 2.31. The Morgan fingerprint density at radius 2 is 1.95 bits per heavy atom. The summed E-state index contributed by atoms with van der Waals surface area (Å²) in [5.74, 6) is -1.32. The van der Waals surface area contributed by atoms with Crippen molar-refractivity contribution in [3.05, 3.63) is 51.2 Å². The molecule has 0 saturated heterocycles. The van der Waals surface area contributed by atoms with Crippen LogP contribution >= 0.6 is 27.5 Å². The van der Waals surface area contributed by atoms with Gasteiger partial charge in [0.25, 0.3) is 5.91 Å². The highest BCUT2D eigenvalue weighted by molar-refractivity contribution is 9.10. The first-order valence-electron chi connectivity index (χ1n) is 5.49. The number of nitrogen functional groups attached to an aromatic ring is 1. The summed E-state index contributed by atoms with van der Waals surface area (Å²) < 4.78 is 14.6. The summed E-state index contributed by atoms with van der Waals surface area (Å²) in [7, 11) is 0. The Morgan fingerprint density at radius 1 is 1.25 bits per heavy atom. The van der Waals surface area contributed by atoms with E-state index in [9.17, 15) is 9.18 Å². The molecule has 2 aromatic rings. The van der Waals surface area contributed by atoms with Gasteiger partial charge >= 0.3 is 0 Å². The van der Waals surface area contributed by atoms with Gasteiger partial charge < -0.3 is 16.8 Å². The molecule has 0 heterocycles. The van der Waals surface area contributed by atoms with E-state index in [1.807, 2.05) is 0 Å². The lowest BCUT2D eigenvalue weighted by Crippen LogP contribution is -2.14. The van der Waals surface area contributed by atoms with E-state index in [0.29, 0.717) is 15.2 Å². The number of primary amides is 1. The fourth-order valence-electron chi connectivity index (χ4n) is 1.64. The zero-order valence-corrected chi connectivity index (χ0v) is 12.4. The van der Waals surface area contributed by atoms with Gasteiger partial charge in [0.1, 0.15) is 5.82 Å². The summed E-state index contributed by atoms with van der Waals surface area (Å²) in [6.45, 7) is 0. The van der Waals surface area contributed by atoms with Crippen LogP contribution in [0.1, 0.15) is 10.4 Å². The first-order chi connectivity index (χ1) is 9.38. The van der Waals surface area contributed by atoms with Crippen LogP contribution in [0.15, 0.2) is 34.8 Å². The SMILES string of the molecule is NC(=O)c1cc(Nc2cc(Cl)ccc2Br)c(F)cc1N. The molecule has 0 saturated carbocycles. The maximum absolute atomic E-state index is 13.9. The van der Waals surface area contributed by atoms with E-state index in [1.165, 1.54) is 6.07 Å². The van der Waals surface area contributed by atoms with Gasteiger partial charge in [-0.3, -0.25) is 4.79 Å². The third kappa shape index (κ3) is 3.02. The van der Waals surface area contributed by atoms with Gasteiger partial charge in [-0.05, 0) is 46.3 Å². The van der Waals surface area contributed by atoms with E-state index in [4.69, 9.17) is 23.1 Å². The predicted molar refractivity (Wildman–Crippen MR) is 81.8 cm³/mol. The molecule has 4 nitrogen and oxygen atoms in total. The third-order valence-corrected chi connectivity index (χ3v) is 3.53. The molecule has 5 N–H and O–H groups in total. The van der Waals surface area contributed by atoms with Crippen LogP contribution in [0, 0.1) is 5.82 Å². The minimum atomic E-state index is -0.726. The van der Waals surface area contributed by atoms with E-state index in [1.54, 1.807) is 18.2 Å². The highest BCUT2D eigenvalue weighted by Gasteiger charge is 2.13. The Balaban J connectivity index is 2.45. The van der Waals surface area contributed by atoms with Gasteiger partial charge in [-0.15, -0.1) is 0 Å². The summed E-state index contributed by atoms with van der Waals surface area (Å²) in [5, 5.41) is 3.32. The molecule has 0 unspecified atom stereocenters. The van der Waals surface area contributed by atoms with Crippen molar-refractivity contribution in [1.82, 2.24) is 0 Å². The van der Waals surface area contributed by atoms with Crippen LogP contribution in [0.2, 0.25) is 5.02 Å². The summed E-state index contributed by atoms with van der Waals surface area (Å²) in [6.07, 6.45) is 0. The fourth-order valence-corrected chi connectivity index (χ4v) is 2.15. The largest absolute Gasteiger partial charge is 0.398 e. The van der Waals surface area contributed by atoms with Crippen LogP contribution in [0.25, 0.3) is 0 Å². The number of nitrogens with two attached hydrogens (primary N) is 2. The van der Waals surface area contributed by atoms with Gasteiger partial charge in [0.2, 0.25) is 0 Å². The van der Waals surface area contributed by atoms with Gasteiger partial charge in [0.05, 0.1) is 16.9 Å². The molecular weight excluding hydrogens is 349 g/mol. The fraction of sp³-hybridized carbons (Fsp3) is 0. The lowest BCUT2D eigenvalue weighted by Gasteiger charge is -2.12. The molecule has 104 valence electrons. The maximum Gasteiger partial charge on any atom is 0.250 e. The smallest absolute Gasteiger partial charge is 0.250 e. The van der Waals surface area contributed by atoms with E-state index < -0.39 is 11.7 Å². The Bertz CT molecular complexity index is 694. The minimum Gasteiger partial charge on any atom is -0.398 e. The molecule has 20 heavy (non-hydrogen) atoms. The lowest BCUT2D eigenvalue weighted by atomic mass is 10.1. The molecule has 2 aromatic carbocycles. The molecular formula is C13H10BrClFN3O. The van der Waals surface area contributed by atoms with Crippen LogP contribution in [-0.4, -0.2) is 5.91 Å². The van der Waals surface area contributed by atoms with Crippen molar-refractivity contribution >= 4 is 50.5 Å². The summed E-state index contributed by atoms with van der Waals surface area (Å²) in [4.78, 5) is 11.2. The van der Waals surface area contributed by atoms with Gasteiger partial charge in [-0.1, -0.05) is 11.6 Å². The molecule has 0 radical (unpaired) electrons. The molecule has 2 rings (SSSR count). The van der Waals surface area contributed by atoms with Crippen molar-refractivity contribution in [2.24, 2.45) is 5.73 Å². The van der Waals surface area contributed by atoms with E-state index in [2.05, 4.69) is 21.2 Å². The van der Waals surface area contributed by atoms with Crippen LogP contribution < -0.4 is 16.8 Å². The van der Waals surface area contributed by atoms with Crippen LogP contribution in [-0.2, 0) is 0 Å². The number of benzene rings is 2. The number of hydrogen-bond donors (Lipinski definition) is 3. The molecule has 0 fully saturated rings. The number of nitrogens with one attached hydrogen (secondary N) is 1. The van der Waals surface area contributed by atoms with Gasteiger partial charge in [0, 0.05) is 15.2 Å². The topological polar surface area (TPSA) is 81.1 Å². The average molecular weight is 359 g/mol. The predicted octanol–water partition coefficient (Wildman–Crippen LogP) is 3.67. The zero-order chi connectivity index (χ0) is 14.9. The highest BCUT2D eigenvalue weighted by atomic mass is 79.9. The summed E-state index contributed by atoms with van der Waals surface area (Å²) in [6, 6.07) is 7.33. The molecule has 0 bridgehead atoms. The molecule has 0 aliphatic rings. The first-order valence-corrected chi connectivity index (χ1v) is 6.66. The van der Waals surface area contributed by atoms with E-state index in [-0.39, 0.29) is 16.9 Å². The first kappa shape index (κ1) is 14.6. The van der Waals surface area contributed by atoms with E-state index >= 15 is 0 Å². The second-order valence-electron chi connectivity index (χ2n) is 4.03. The Morgan fingerprint density at radius 3 is 2.60 bits per heavy atom. The molecule has 0 aliphatic carbocycles. The monoisotopic (exact) mass is 357 g/mol.